The summed E-state index contributed by atoms with van der Waals surface area (Å²) < 4.78 is 12.7. The van der Waals surface area contributed by atoms with Crippen LogP contribution < -0.4 is 10.9 Å². The number of aromatic amines is 1. The molecular weight excluding hydrogens is 261 g/mol. The van der Waals surface area contributed by atoms with Gasteiger partial charge in [-0.15, -0.1) is 0 Å². The van der Waals surface area contributed by atoms with Crippen molar-refractivity contribution in [2.24, 2.45) is 0 Å². The molecule has 18 heavy (non-hydrogen) atoms. The van der Waals surface area contributed by atoms with Crippen LogP contribution in [0.3, 0.4) is 0 Å². The maximum Gasteiger partial charge on any atom is 0.285 e. The molecule has 0 atom stereocenters. The third-order valence-corrected chi connectivity index (χ3v) is 2.57. The Hall–Kier alpha value is -1.92. The number of hydrogen-bond donors (Lipinski definition) is 2. The second-order valence-electron chi connectivity index (χ2n) is 3.41. The van der Waals surface area contributed by atoms with Gasteiger partial charge in [-0.25, -0.2) is 9.49 Å². The second-order valence-corrected chi connectivity index (χ2v) is 3.78. The van der Waals surface area contributed by atoms with Gasteiger partial charge in [-0.05, 0) is 17.7 Å². The van der Waals surface area contributed by atoms with Crippen molar-refractivity contribution in [3.8, 4) is 0 Å². The maximum absolute atomic E-state index is 12.7. The van der Waals surface area contributed by atoms with Gasteiger partial charge in [0.2, 0.25) is 0 Å². The van der Waals surface area contributed by atoms with Gasteiger partial charge < -0.3 is 10.8 Å². The normalized spacial score (nSPS) is 9.67. The van der Waals surface area contributed by atoms with E-state index in [2.05, 4.69) is 15.5 Å². The Morgan fingerprint density at radius 1 is 1.33 bits per heavy atom. The fraction of sp³-hybridized carbons (Fsp3) is 0.0909. The number of aromatic nitrogens is 2. The number of anilines is 1. The topological polar surface area (TPSA) is 89.3 Å². The van der Waals surface area contributed by atoms with Crippen LogP contribution in [0.15, 0.2) is 35.3 Å². The Bertz CT molecular complexity index is 571. The standard InChI is InChI=1S/C11H9ClFN3O.H2O/c12-10-9(6-15-16-11(10)17)14-5-7-1-3-8(13)4-2-7;/h1-4,6H,5H2,(H2,14,16,17);1H2. The summed E-state index contributed by atoms with van der Waals surface area (Å²) in [5.41, 5.74) is 0.873. The van der Waals surface area contributed by atoms with Gasteiger partial charge in [0, 0.05) is 6.54 Å². The summed E-state index contributed by atoms with van der Waals surface area (Å²) >= 11 is 5.78. The van der Waals surface area contributed by atoms with E-state index in [9.17, 15) is 9.18 Å². The largest absolute Gasteiger partial charge is 0.412 e. The number of rotatable bonds is 3. The van der Waals surface area contributed by atoms with Crippen LogP contribution in [0.4, 0.5) is 10.1 Å². The second kappa shape index (κ2) is 6.13. The van der Waals surface area contributed by atoms with Crippen molar-refractivity contribution in [1.29, 1.82) is 0 Å². The minimum Gasteiger partial charge on any atom is -0.412 e. The lowest BCUT2D eigenvalue weighted by molar-refractivity contribution is 0.627. The van der Waals surface area contributed by atoms with Gasteiger partial charge in [-0.3, -0.25) is 4.79 Å². The highest BCUT2D eigenvalue weighted by molar-refractivity contribution is 6.32. The van der Waals surface area contributed by atoms with Crippen molar-refractivity contribution in [2.45, 2.75) is 6.54 Å². The molecule has 0 bridgehead atoms. The van der Waals surface area contributed by atoms with E-state index < -0.39 is 5.56 Å². The van der Waals surface area contributed by atoms with Gasteiger partial charge in [0.25, 0.3) is 5.56 Å². The van der Waals surface area contributed by atoms with Crippen LogP contribution in [-0.4, -0.2) is 15.7 Å². The van der Waals surface area contributed by atoms with E-state index in [1.807, 2.05) is 0 Å². The molecule has 0 radical (unpaired) electrons. The van der Waals surface area contributed by atoms with Gasteiger partial charge in [-0.1, -0.05) is 23.7 Å². The van der Waals surface area contributed by atoms with E-state index in [-0.39, 0.29) is 16.3 Å². The molecule has 0 unspecified atom stereocenters. The number of halogens is 2. The van der Waals surface area contributed by atoms with Gasteiger partial charge >= 0.3 is 0 Å². The van der Waals surface area contributed by atoms with Gasteiger partial charge in [0.05, 0.1) is 11.9 Å². The van der Waals surface area contributed by atoms with E-state index >= 15 is 0 Å². The molecule has 1 aromatic carbocycles. The summed E-state index contributed by atoms with van der Waals surface area (Å²) in [4.78, 5) is 11.2. The number of benzene rings is 1. The van der Waals surface area contributed by atoms with E-state index in [0.717, 1.165) is 5.56 Å². The Morgan fingerprint density at radius 3 is 2.67 bits per heavy atom. The summed E-state index contributed by atoms with van der Waals surface area (Å²) in [7, 11) is 0. The summed E-state index contributed by atoms with van der Waals surface area (Å²) in [5, 5.41) is 8.86. The average molecular weight is 272 g/mol. The fourth-order valence-corrected chi connectivity index (χ4v) is 1.46. The SMILES string of the molecule is O.O=c1[nH]ncc(NCc2ccc(F)cc2)c1Cl. The summed E-state index contributed by atoms with van der Waals surface area (Å²) in [6.45, 7) is 0.436. The van der Waals surface area contributed by atoms with Crippen LogP contribution in [0.2, 0.25) is 5.02 Å². The molecule has 1 heterocycles. The van der Waals surface area contributed by atoms with Crippen LogP contribution in [0.5, 0.6) is 0 Å². The Labute approximate surface area is 107 Å². The molecule has 4 N–H and O–H groups in total. The molecule has 0 saturated heterocycles. The van der Waals surface area contributed by atoms with Crippen LogP contribution >= 0.6 is 11.6 Å². The fourth-order valence-electron chi connectivity index (χ4n) is 1.31. The van der Waals surface area contributed by atoms with Crippen molar-refractivity contribution in [3.63, 3.8) is 0 Å². The molecular formula is C11H11ClFN3O2. The molecule has 0 aliphatic heterocycles. The quantitative estimate of drug-likeness (QED) is 0.883. The number of nitrogens with zero attached hydrogens (tertiary/aromatic N) is 1. The zero-order chi connectivity index (χ0) is 12.3. The van der Waals surface area contributed by atoms with Crippen molar-refractivity contribution < 1.29 is 9.87 Å². The highest BCUT2D eigenvalue weighted by atomic mass is 35.5. The zero-order valence-electron chi connectivity index (χ0n) is 9.21. The molecule has 1 aromatic heterocycles. The van der Waals surface area contributed by atoms with E-state index in [0.29, 0.717) is 12.2 Å². The van der Waals surface area contributed by atoms with Crippen LogP contribution in [0, 0.1) is 5.82 Å². The average Bonchev–Trinajstić information content (AvgIpc) is 2.33. The summed E-state index contributed by atoms with van der Waals surface area (Å²) in [6, 6.07) is 6.04. The monoisotopic (exact) mass is 271 g/mol. The first-order chi connectivity index (χ1) is 8.16. The predicted molar refractivity (Wildman–Crippen MR) is 67.2 cm³/mol. The molecule has 2 aromatic rings. The lowest BCUT2D eigenvalue weighted by Crippen LogP contribution is -2.11. The third-order valence-electron chi connectivity index (χ3n) is 2.19. The van der Waals surface area contributed by atoms with Crippen LogP contribution in [0.1, 0.15) is 5.56 Å². The van der Waals surface area contributed by atoms with Crippen molar-refractivity contribution in [1.82, 2.24) is 10.2 Å². The third kappa shape index (κ3) is 3.28. The Balaban J connectivity index is 0.00000162. The summed E-state index contributed by atoms with van der Waals surface area (Å²) in [5.74, 6) is -0.287. The van der Waals surface area contributed by atoms with Crippen molar-refractivity contribution in [2.75, 3.05) is 5.32 Å². The maximum atomic E-state index is 12.7. The highest BCUT2D eigenvalue weighted by Crippen LogP contribution is 2.15. The van der Waals surface area contributed by atoms with Crippen LogP contribution in [-0.2, 0) is 6.54 Å². The first kappa shape index (κ1) is 14.1. The van der Waals surface area contributed by atoms with Gasteiger partial charge in [-0.2, -0.15) is 5.10 Å². The van der Waals surface area contributed by atoms with E-state index in [1.165, 1.54) is 18.3 Å². The number of H-pyrrole nitrogens is 1. The Morgan fingerprint density at radius 2 is 2.00 bits per heavy atom. The lowest BCUT2D eigenvalue weighted by atomic mass is 10.2. The molecule has 0 fully saturated rings. The predicted octanol–water partition coefficient (Wildman–Crippen LogP) is 1.35. The molecule has 7 heteroatoms. The van der Waals surface area contributed by atoms with E-state index in [4.69, 9.17) is 11.6 Å². The molecule has 0 amide bonds. The highest BCUT2D eigenvalue weighted by Gasteiger charge is 2.04. The minimum absolute atomic E-state index is 0. The van der Waals surface area contributed by atoms with E-state index in [1.54, 1.807) is 12.1 Å². The van der Waals surface area contributed by atoms with Gasteiger partial charge in [0.1, 0.15) is 10.8 Å². The molecule has 5 nitrogen and oxygen atoms in total. The molecule has 0 aliphatic carbocycles. The smallest absolute Gasteiger partial charge is 0.285 e. The summed E-state index contributed by atoms with van der Waals surface area (Å²) in [6.07, 6.45) is 1.42. The van der Waals surface area contributed by atoms with Crippen LogP contribution in [0.25, 0.3) is 0 Å². The number of nitrogens with one attached hydrogen (secondary N) is 2. The van der Waals surface area contributed by atoms with Crippen molar-refractivity contribution in [3.05, 3.63) is 57.2 Å². The molecule has 0 aliphatic rings. The number of hydrogen-bond acceptors (Lipinski definition) is 3. The van der Waals surface area contributed by atoms with Crippen molar-refractivity contribution >= 4 is 17.3 Å². The first-order valence-corrected chi connectivity index (χ1v) is 5.26. The minimum atomic E-state index is -0.448. The lowest BCUT2D eigenvalue weighted by Gasteiger charge is -2.06. The molecule has 0 saturated carbocycles. The zero-order valence-corrected chi connectivity index (χ0v) is 9.96. The molecule has 96 valence electrons. The Kier molecular flexibility index (Phi) is 4.82. The molecule has 2 rings (SSSR count). The van der Waals surface area contributed by atoms with Gasteiger partial charge in [0.15, 0.2) is 0 Å². The first-order valence-electron chi connectivity index (χ1n) is 4.88. The molecule has 0 spiro atoms.